The average Bonchev–Trinajstić information content (AvgIpc) is 2.94. The Bertz CT molecular complexity index is 814. The number of rotatable bonds is 6. The Morgan fingerprint density at radius 2 is 1.65 bits per heavy atom. The summed E-state index contributed by atoms with van der Waals surface area (Å²) in [5, 5.41) is 10.8. The van der Waals surface area contributed by atoms with Gasteiger partial charge in [-0.2, -0.15) is 0 Å². The molecule has 26 heavy (non-hydrogen) atoms. The van der Waals surface area contributed by atoms with Crippen LogP contribution in [-0.2, 0) is 14.3 Å². The van der Waals surface area contributed by atoms with Gasteiger partial charge in [0.2, 0.25) is 0 Å². The molecule has 1 N–H and O–H groups in total. The van der Waals surface area contributed by atoms with Crippen molar-refractivity contribution in [2.45, 2.75) is 12.5 Å². The van der Waals surface area contributed by atoms with Gasteiger partial charge in [-0.1, -0.05) is 60.7 Å². The van der Waals surface area contributed by atoms with Crippen LogP contribution in [0.1, 0.15) is 23.6 Å². The zero-order valence-corrected chi connectivity index (χ0v) is 14.6. The lowest BCUT2D eigenvalue weighted by Crippen LogP contribution is -2.31. The molecule has 1 fully saturated rings. The van der Waals surface area contributed by atoms with Crippen molar-refractivity contribution in [3.8, 4) is 0 Å². The third-order valence-corrected chi connectivity index (χ3v) is 4.45. The molecular formula is C21H21NO4. The van der Waals surface area contributed by atoms with Crippen molar-refractivity contribution < 1.29 is 19.4 Å². The van der Waals surface area contributed by atoms with Crippen LogP contribution in [0.4, 0.5) is 0 Å². The second-order valence-corrected chi connectivity index (χ2v) is 6.12. The molecule has 2 aromatic carbocycles. The fourth-order valence-electron chi connectivity index (χ4n) is 3.22. The zero-order chi connectivity index (χ0) is 18.5. The number of carbonyl (C=O) groups excluding carboxylic acids is 2. The molecule has 1 atom stereocenters. The van der Waals surface area contributed by atoms with Crippen LogP contribution in [0.2, 0.25) is 0 Å². The summed E-state index contributed by atoms with van der Waals surface area (Å²) in [6, 6.07) is 17.5. The van der Waals surface area contributed by atoms with E-state index in [0.29, 0.717) is 25.1 Å². The van der Waals surface area contributed by atoms with Crippen molar-refractivity contribution in [3.05, 3.63) is 77.4 Å². The standard InChI is InChI=1S/C21H21NO4/c1-26-14-8-13-22-18(15-9-4-2-5-10-15)17(20(24)21(22)25)19(23)16-11-6-3-7-12-16/h2-7,9-12,18,23H,8,13-14H2,1H3. The maximum Gasteiger partial charge on any atom is 0.295 e. The summed E-state index contributed by atoms with van der Waals surface area (Å²) in [5.41, 5.74) is 1.44. The number of carbonyl (C=O) groups is 2. The van der Waals surface area contributed by atoms with Crippen molar-refractivity contribution in [3.63, 3.8) is 0 Å². The Morgan fingerprint density at radius 3 is 2.27 bits per heavy atom. The second-order valence-electron chi connectivity index (χ2n) is 6.12. The minimum Gasteiger partial charge on any atom is -0.507 e. The molecule has 3 rings (SSSR count). The van der Waals surface area contributed by atoms with Crippen molar-refractivity contribution in [2.24, 2.45) is 0 Å². The first-order valence-electron chi connectivity index (χ1n) is 8.53. The number of hydrogen-bond donors (Lipinski definition) is 1. The van der Waals surface area contributed by atoms with Crippen LogP contribution in [0.25, 0.3) is 5.76 Å². The van der Waals surface area contributed by atoms with E-state index >= 15 is 0 Å². The quantitative estimate of drug-likeness (QED) is 0.376. The fourth-order valence-corrected chi connectivity index (χ4v) is 3.22. The zero-order valence-electron chi connectivity index (χ0n) is 14.6. The molecule has 0 radical (unpaired) electrons. The summed E-state index contributed by atoms with van der Waals surface area (Å²) in [6.07, 6.45) is 0.609. The highest BCUT2D eigenvalue weighted by molar-refractivity contribution is 6.46. The van der Waals surface area contributed by atoms with Crippen molar-refractivity contribution >= 4 is 17.4 Å². The second kappa shape index (κ2) is 7.97. The van der Waals surface area contributed by atoms with Crippen LogP contribution >= 0.6 is 0 Å². The number of benzene rings is 2. The van der Waals surface area contributed by atoms with Gasteiger partial charge in [-0.15, -0.1) is 0 Å². The topological polar surface area (TPSA) is 66.8 Å². The lowest BCUT2D eigenvalue weighted by Gasteiger charge is -2.25. The highest BCUT2D eigenvalue weighted by Gasteiger charge is 2.45. The van der Waals surface area contributed by atoms with E-state index < -0.39 is 17.7 Å². The van der Waals surface area contributed by atoms with E-state index in [1.165, 1.54) is 4.90 Å². The van der Waals surface area contributed by atoms with Crippen LogP contribution in [0, 0.1) is 0 Å². The average molecular weight is 351 g/mol. The number of ether oxygens (including phenoxy) is 1. The summed E-state index contributed by atoms with van der Waals surface area (Å²) >= 11 is 0. The maximum absolute atomic E-state index is 12.7. The van der Waals surface area contributed by atoms with E-state index in [9.17, 15) is 14.7 Å². The van der Waals surface area contributed by atoms with Crippen molar-refractivity contribution in [1.29, 1.82) is 0 Å². The predicted octanol–water partition coefficient (Wildman–Crippen LogP) is 3.14. The third-order valence-electron chi connectivity index (χ3n) is 4.45. The van der Waals surface area contributed by atoms with Crippen LogP contribution in [0.3, 0.4) is 0 Å². The number of aliphatic hydroxyl groups excluding tert-OH is 1. The van der Waals surface area contributed by atoms with Crippen molar-refractivity contribution in [1.82, 2.24) is 4.90 Å². The van der Waals surface area contributed by atoms with Gasteiger partial charge in [0.15, 0.2) is 0 Å². The molecule has 0 saturated carbocycles. The Hall–Kier alpha value is -2.92. The first-order chi connectivity index (χ1) is 12.6. The number of Topliss-reactive ketones (excluding diaryl/α,β-unsaturated/α-hetero) is 1. The van der Waals surface area contributed by atoms with Crippen LogP contribution in [0.5, 0.6) is 0 Å². The number of amides is 1. The number of hydrogen-bond acceptors (Lipinski definition) is 4. The lowest BCUT2D eigenvalue weighted by molar-refractivity contribution is -0.140. The summed E-state index contributed by atoms with van der Waals surface area (Å²) in [4.78, 5) is 26.8. The van der Waals surface area contributed by atoms with Gasteiger partial charge in [0.05, 0.1) is 11.6 Å². The smallest absolute Gasteiger partial charge is 0.295 e. The van der Waals surface area contributed by atoms with E-state index in [2.05, 4.69) is 0 Å². The fraction of sp³-hybridized carbons (Fsp3) is 0.238. The normalized spacial score (nSPS) is 19.1. The molecule has 1 amide bonds. The van der Waals surface area contributed by atoms with Gasteiger partial charge in [0.1, 0.15) is 5.76 Å². The Balaban J connectivity index is 2.09. The minimum atomic E-state index is -0.655. The Labute approximate surface area is 152 Å². The number of ketones is 1. The highest BCUT2D eigenvalue weighted by Crippen LogP contribution is 2.39. The molecule has 2 aromatic rings. The summed E-state index contributed by atoms with van der Waals surface area (Å²) in [7, 11) is 1.60. The molecule has 0 aliphatic carbocycles. The molecule has 0 aromatic heterocycles. The van der Waals surface area contributed by atoms with Crippen molar-refractivity contribution in [2.75, 3.05) is 20.3 Å². The van der Waals surface area contributed by atoms with E-state index in [0.717, 1.165) is 5.56 Å². The molecular weight excluding hydrogens is 330 g/mol. The highest BCUT2D eigenvalue weighted by atomic mass is 16.5. The van der Waals surface area contributed by atoms with Gasteiger partial charge < -0.3 is 14.7 Å². The molecule has 5 nitrogen and oxygen atoms in total. The van der Waals surface area contributed by atoms with E-state index in [-0.39, 0.29) is 11.3 Å². The van der Waals surface area contributed by atoms with Gasteiger partial charge in [-0.25, -0.2) is 0 Å². The Kier molecular flexibility index (Phi) is 5.49. The van der Waals surface area contributed by atoms with E-state index in [4.69, 9.17) is 4.74 Å². The van der Waals surface area contributed by atoms with E-state index in [1.807, 2.05) is 36.4 Å². The molecule has 1 heterocycles. The molecule has 134 valence electrons. The summed E-state index contributed by atoms with van der Waals surface area (Å²) < 4.78 is 5.06. The molecule has 1 unspecified atom stereocenters. The minimum absolute atomic E-state index is 0.129. The molecule has 0 spiro atoms. The van der Waals surface area contributed by atoms with Gasteiger partial charge in [-0.05, 0) is 12.0 Å². The summed E-state index contributed by atoms with van der Waals surface area (Å²) in [6.45, 7) is 0.868. The molecule has 0 bridgehead atoms. The SMILES string of the molecule is COCCCN1C(=O)C(=O)C(=C(O)c2ccccc2)C1c1ccccc1. The Morgan fingerprint density at radius 1 is 1.04 bits per heavy atom. The monoisotopic (exact) mass is 351 g/mol. The summed E-state index contributed by atoms with van der Waals surface area (Å²) in [5.74, 6) is -1.39. The largest absolute Gasteiger partial charge is 0.507 e. The predicted molar refractivity (Wildman–Crippen MR) is 98.4 cm³/mol. The number of likely N-dealkylation sites (tertiary alicyclic amines) is 1. The van der Waals surface area contributed by atoms with Crippen LogP contribution < -0.4 is 0 Å². The maximum atomic E-state index is 12.7. The number of nitrogens with zero attached hydrogens (tertiary/aromatic N) is 1. The van der Waals surface area contributed by atoms with E-state index in [1.54, 1.807) is 31.4 Å². The lowest BCUT2D eigenvalue weighted by atomic mass is 9.95. The number of methoxy groups -OCH3 is 1. The van der Waals surface area contributed by atoms with Gasteiger partial charge in [0, 0.05) is 25.8 Å². The van der Waals surface area contributed by atoms with Gasteiger partial charge in [0.25, 0.3) is 11.7 Å². The third kappa shape index (κ3) is 3.39. The van der Waals surface area contributed by atoms with Crippen LogP contribution in [0.15, 0.2) is 66.2 Å². The van der Waals surface area contributed by atoms with Crippen LogP contribution in [-0.4, -0.2) is 42.0 Å². The first-order valence-corrected chi connectivity index (χ1v) is 8.53. The molecule has 1 aliphatic heterocycles. The molecule has 5 heteroatoms. The van der Waals surface area contributed by atoms with Gasteiger partial charge >= 0.3 is 0 Å². The first kappa shape index (κ1) is 17.9. The molecule has 1 aliphatic rings. The van der Waals surface area contributed by atoms with Gasteiger partial charge in [-0.3, -0.25) is 9.59 Å². The number of aliphatic hydroxyl groups is 1. The molecule has 1 saturated heterocycles.